The molecule has 3 nitrogen and oxygen atoms in total. The summed E-state index contributed by atoms with van der Waals surface area (Å²) in [6.45, 7) is 4.39. The first kappa shape index (κ1) is 20.0. The van der Waals surface area contributed by atoms with Crippen molar-refractivity contribution in [3.8, 4) is 0 Å². The highest BCUT2D eigenvalue weighted by Gasteiger charge is 2.34. The van der Waals surface area contributed by atoms with E-state index in [2.05, 4.69) is 41.6 Å². The largest absolute Gasteiger partial charge is 0.378 e. The standard InChI is InChI=1S/C27H27FN2O/c1-19-8-13-25-23(16-19)24-17-29(2)15-14-26(24)30(25)18-27(31,20-6-4-3-5-7-20)21-9-11-22(28)12-10-21/h3-13,16,31H,14-15,17-18H2,1-2H3. The maximum atomic E-state index is 13.7. The lowest BCUT2D eigenvalue weighted by Gasteiger charge is -2.32. The van der Waals surface area contributed by atoms with Gasteiger partial charge in [-0.2, -0.15) is 0 Å². The number of halogens is 1. The topological polar surface area (TPSA) is 28.4 Å². The molecule has 0 fully saturated rings. The van der Waals surface area contributed by atoms with Crippen molar-refractivity contribution in [2.45, 2.75) is 32.0 Å². The Morgan fingerprint density at radius 1 is 0.968 bits per heavy atom. The number of hydrogen-bond donors (Lipinski definition) is 1. The summed E-state index contributed by atoms with van der Waals surface area (Å²) in [5.74, 6) is -0.304. The average molecular weight is 415 g/mol. The summed E-state index contributed by atoms with van der Waals surface area (Å²) in [7, 11) is 2.15. The quantitative estimate of drug-likeness (QED) is 0.508. The number of aliphatic hydroxyl groups is 1. The van der Waals surface area contributed by atoms with E-state index in [4.69, 9.17) is 0 Å². The summed E-state index contributed by atoms with van der Waals surface area (Å²) in [6, 6.07) is 22.5. The molecule has 0 saturated carbocycles. The molecule has 0 aliphatic carbocycles. The lowest BCUT2D eigenvalue weighted by atomic mass is 9.86. The van der Waals surface area contributed by atoms with E-state index in [1.165, 1.54) is 34.3 Å². The monoisotopic (exact) mass is 414 g/mol. The van der Waals surface area contributed by atoms with Crippen LogP contribution in [0.25, 0.3) is 10.9 Å². The van der Waals surface area contributed by atoms with Crippen LogP contribution >= 0.6 is 0 Å². The molecule has 0 spiro atoms. The normalized spacial score (nSPS) is 16.3. The highest BCUT2D eigenvalue weighted by Crippen LogP contribution is 2.37. The van der Waals surface area contributed by atoms with Crippen molar-refractivity contribution in [2.75, 3.05) is 13.6 Å². The SMILES string of the molecule is Cc1ccc2c(c1)c1c(n2CC(O)(c2ccccc2)c2ccc(F)cc2)CCN(C)C1. The van der Waals surface area contributed by atoms with Crippen LogP contribution in [0.1, 0.15) is 27.9 Å². The predicted molar refractivity (Wildman–Crippen MR) is 123 cm³/mol. The second-order valence-electron chi connectivity index (χ2n) is 8.75. The maximum absolute atomic E-state index is 13.7. The number of nitrogens with zero attached hydrogens (tertiary/aromatic N) is 2. The lowest BCUT2D eigenvalue weighted by Crippen LogP contribution is -2.35. The molecule has 0 saturated heterocycles. The molecule has 5 rings (SSSR count). The zero-order valence-electron chi connectivity index (χ0n) is 18.0. The molecule has 31 heavy (non-hydrogen) atoms. The zero-order valence-corrected chi connectivity index (χ0v) is 18.0. The van der Waals surface area contributed by atoms with Crippen LogP contribution in [-0.4, -0.2) is 28.2 Å². The molecule has 1 aliphatic rings. The summed E-state index contributed by atoms with van der Waals surface area (Å²) in [4.78, 5) is 2.35. The van der Waals surface area contributed by atoms with Gasteiger partial charge in [0.15, 0.2) is 0 Å². The van der Waals surface area contributed by atoms with E-state index in [1.807, 2.05) is 30.3 Å². The minimum Gasteiger partial charge on any atom is -0.378 e. The van der Waals surface area contributed by atoms with Crippen molar-refractivity contribution >= 4 is 10.9 Å². The Labute approximate surface area is 182 Å². The molecular weight excluding hydrogens is 387 g/mol. The number of aryl methyl sites for hydroxylation is 1. The van der Waals surface area contributed by atoms with Gasteiger partial charge in [-0.3, -0.25) is 0 Å². The van der Waals surface area contributed by atoms with Crippen LogP contribution in [-0.2, 0) is 25.1 Å². The van der Waals surface area contributed by atoms with Gasteiger partial charge in [-0.05, 0) is 54.9 Å². The van der Waals surface area contributed by atoms with Crippen LogP contribution in [0, 0.1) is 12.7 Å². The Hall–Kier alpha value is -2.95. The first-order chi connectivity index (χ1) is 15.0. The van der Waals surface area contributed by atoms with Gasteiger partial charge in [-0.15, -0.1) is 0 Å². The van der Waals surface area contributed by atoms with Crippen LogP contribution < -0.4 is 0 Å². The van der Waals surface area contributed by atoms with Crippen molar-refractivity contribution in [1.29, 1.82) is 0 Å². The third-order valence-electron chi connectivity index (χ3n) is 6.56. The van der Waals surface area contributed by atoms with E-state index in [1.54, 1.807) is 12.1 Å². The molecule has 1 N–H and O–H groups in total. The van der Waals surface area contributed by atoms with E-state index < -0.39 is 5.60 Å². The molecule has 4 heteroatoms. The minimum atomic E-state index is -1.27. The Bertz CT molecular complexity index is 1230. The molecule has 0 amide bonds. The fraction of sp³-hybridized carbons (Fsp3) is 0.259. The first-order valence-electron chi connectivity index (χ1n) is 10.8. The fourth-order valence-corrected chi connectivity index (χ4v) is 4.90. The van der Waals surface area contributed by atoms with E-state index in [0.29, 0.717) is 12.1 Å². The Morgan fingerprint density at radius 3 is 2.42 bits per heavy atom. The summed E-state index contributed by atoms with van der Waals surface area (Å²) in [5.41, 5.74) is 5.23. The van der Waals surface area contributed by atoms with E-state index in [9.17, 15) is 9.50 Å². The van der Waals surface area contributed by atoms with Gasteiger partial charge in [-0.25, -0.2) is 4.39 Å². The number of rotatable bonds is 4. The predicted octanol–water partition coefficient (Wildman–Crippen LogP) is 5.01. The molecular formula is C27H27FN2O. The van der Waals surface area contributed by atoms with Gasteiger partial charge in [0.25, 0.3) is 0 Å². The van der Waals surface area contributed by atoms with Crippen molar-refractivity contribution in [1.82, 2.24) is 9.47 Å². The van der Waals surface area contributed by atoms with Gasteiger partial charge in [0.2, 0.25) is 0 Å². The third-order valence-corrected chi connectivity index (χ3v) is 6.56. The Morgan fingerprint density at radius 2 is 1.68 bits per heavy atom. The van der Waals surface area contributed by atoms with Crippen molar-refractivity contribution in [3.63, 3.8) is 0 Å². The smallest absolute Gasteiger partial charge is 0.132 e. The second-order valence-corrected chi connectivity index (χ2v) is 8.75. The number of benzene rings is 3. The van der Waals surface area contributed by atoms with Gasteiger partial charge in [0.1, 0.15) is 11.4 Å². The second kappa shape index (κ2) is 7.63. The van der Waals surface area contributed by atoms with Crippen molar-refractivity contribution in [2.24, 2.45) is 0 Å². The molecule has 3 aromatic carbocycles. The van der Waals surface area contributed by atoms with Gasteiger partial charge >= 0.3 is 0 Å². The van der Waals surface area contributed by atoms with Gasteiger partial charge in [0, 0.05) is 36.1 Å². The Balaban J connectivity index is 1.71. The third kappa shape index (κ3) is 3.46. The van der Waals surface area contributed by atoms with Crippen LogP contribution in [0.5, 0.6) is 0 Å². The van der Waals surface area contributed by atoms with E-state index in [0.717, 1.165) is 30.6 Å². The molecule has 2 heterocycles. The number of likely N-dealkylation sites (N-methyl/N-ethyl adjacent to an activating group) is 1. The van der Waals surface area contributed by atoms with Crippen LogP contribution in [0.3, 0.4) is 0 Å². The minimum absolute atomic E-state index is 0.304. The molecule has 0 radical (unpaired) electrons. The number of aromatic nitrogens is 1. The summed E-state index contributed by atoms with van der Waals surface area (Å²) < 4.78 is 16.0. The summed E-state index contributed by atoms with van der Waals surface area (Å²) >= 11 is 0. The van der Waals surface area contributed by atoms with Crippen molar-refractivity contribution < 1.29 is 9.50 Å². The molecule has 1 aromatic heterocycles. The van der Waals surface area contributed by atoms with Crippen LogP contribution in [0.2, 0.25) is 0 Å². The number of fused-ring (bicyclic) bond motifs is 3. The number of hydrogen-bond acceptors (Lipinski definition) is 2. The van der Waals surface area contributed by atoms with Crippen LogP contribution in [0.15, 0.2) is 72.8 Å². The average Bonchev–Trinajstić information content (AvgIpc) is 3.06. The molecule has 1 unspecified atom stereocenters. The molecule has 4 aromatic rings. The van der Waals surface area contributed by atoms with E-state index >= 15 is 0 Å². The highest BCUT2D eigenvalue weighted by atomic mass is 19.1. The Kier molecular flexibility index (Phi) is 4.92. The molecule has 1 aliphatic heterocycles. The molecule has 0 bridgehead atoms. The van der Waals surface area contributed by atoms with E-state index in [-0.39, 0.29) is 5.82 Å². The lowest BCUT2D eigenvalue weighted by molar-refractivity contribution is 0.0613. The zero-order chi connectivity index (χ0) is 21.6. The summed E-state index contributed by atoms with van der Waals surface area (Å²) in [5, 5.41) is 13.4. The van der Waals surface area contributed by atoms with Gasteiger partial charge in [0.05, 0.1) is 6.54 Å². The fourth-order valence-electron chi connectivity index (χ4n) is 4.90. The first-order valence-corrected chi connectivity index (χ1v) is 10.8. The van der Waals surface area contributed by atoms with Crippen LogP contribution in [0.4, 0.5) is 4.39 Å². The maximum Gasteiger partial charge on any atom is 0.132 e. The van der Waals surface area contributed by atoms with Crippen molar-refractivity contribution in [3.05, 3.63) is 107 Å². The molecule has 1 atom stereocenters. The molecule has 158 valence electrons. The highest BCUT2D eigenvalue weighted by molar-refractivity contribution is 5.86. The van der Waals surface area contributed by atoms with Gasteiger partial charge < -0.3 is 14.6 Å². The summed E-state index contributed by atoms with van der Waals surface area (Å²) in [6.07, 6.45) is 0.938. The van der Waals surface area contributed by atoms with Gasteiger partial charge in [-0.1, -0.05) is 54.1 Å².